The third-order valence-corrected chi connectivity index (χ3v) is 6.99. The molecule has 1 unspecified atom stereocenters. The van der Waals surface area contributed by atoms with Crippen LogP contribution >= 0.6 is 23.1 Å². The molecule has 0 saturated heterocycles. The summed E-state index contributed by atoms with van der Waals surface area (Å²) in [5.41, 5.74) is 0. The highest BCUT2D eigenvalue weighted by Gasteiger charge is 2.26. The summed E-state index contributed by atoms with van der Waals surface area (Å²) in [6.07, 6.45) is 1.98. The third-order valence-electron chi connectivity index (χ3n) is 2.65. The fourth-order valence-electron chi connectivity index (χ4n) is 1.49. The summed E-state index contributed by atoms with van der Waals surface area (Å²) in [6.45, 7) is 2.63. The maximum absolute atomic E-state index is 12.4. The van der Waals surface area contributed by atoms with Crippen LogP contribution in [0.15, 0.2) is 16.3 Å². The second-order valence-electron chi connectivity index (χ2n) is 4.08. The van der Waals surface area contributed by atoms with Gasteiger partial charge in [-0.15, -0.1) is 11.3 Å². The molecule has 18 heavy (non-hydrogen) atoms. The molecule has 0 fully saturated rings. The number of thioether (sulfide) groups is 1. The maximum Gasteiger partial charge on any atom is 0.252 e. The van der Waals surface area contributed by atoms with Crippen LogP contribution < -0.4 is 5.32 Å². The number of sulfonamides is 1. The first kappa shape index (κ1) is 16.0. The van der Waals surface area contributed by atoms with Crippen molar-refractivity contribution in [3.05, 3.63) is 17.0 Å². The molecular weight excluding hydrogens is 288 g/mol. The molecule has 0 aromatic carbocycles. The van der Waals surface area contributed by atoms with Crippen LogP contribution in [0.1, 0.15) is 11.8 Å². The summed E-state index contributed by atoms with van der Waals surface area (Å²) in [7, 11) is 0.147. The molecule has 1 aromatic heterocycles. The first-order valence-electron chi connectivity index (χ1n) is 5.63. The molecule has 0 spiro atoms. The number of nitrogens with one attached hydrogen (secondary N) is 1. The van der Waals surface area contributed by atoms with E-state index in [4.69, 9.17) is 0 Å². The first-order valence-corrected chi connectivity index (χ1v) is 9.28. The molecule has 1 N–H and O–H groups in total. The minimum Gasteiger partial charge on any atom is -0.315 e. The van der Waals surface area contributed by atoms with Gasteiger partial charge in [-0.1, -0.05) is 0 Å². The lowest BCUT2D eigenvalue weighted by molar-refractivity contribution is 0.416. The van der Waals surface area contributed by atoms with E-state index >= 15 is 0 Å². The molecule has 1 aromatic rings. The SMILES string of the molecule is CNCc1ccc(S(=O)(=O)N(C)C(C)CSC)s1. The minimum absolute atomic E-state index is 0.000139. The number of thiophene rings is 1. The van der Waals surface area contributed by atoms with Crippen molar-refractivity contribution in [1.82, 2.24) is 9.62 Å². The average molecular weight is 308 g/mol. The van der Waals surface area contributed by atoms with Gasteiger partial charge in [0, 0.05) is 30.3 Å². The molecule has 0 bridgehead atoms. The number of hydrogen-bond acceptors (Lipinski definition) is 5. The fraction of sp³-hybridized carbons (Fsp3) is 0.636. The van der Waals surface area contributed by atoms with Gasteiger partial charge >= 0.3 is 0 Å². The number of rotatable bonds is 7. The molecule has 7 heteroatoms. The molecule has 0 saturated carbocycles. The van der Waals surface area contributed by atoms with E-state index < -0.39 is 10.0 Å². The van der Waals surface area contributed by atoms with Crippen LogP contribution in [-0.4, -0.2) is 44.9 Å². The van der Waals surface area contributed by atoms with Crippen molar-refractivity contribution in [3.8, 4) is 0 Å². The van der Waals surface area contributed by atoms with E-state index in [0.29, 0.717) is 10.8 Å². The van der Waals surface area contributed by atoms with Crippen LogP contribution in [0.5, 0.6) is 0 Å². The second-order valence-corrected chi connectivity index (χ2v) is 8.38. The standard InChI is InChI=1S/C11H20N2O2S3/c1-9(8-16-4)13(3)18(14,15)11-6-5-10(17-11)7-12-2/h5-6,9,12H,7-8H2,1-4H3. The van der Waals surface area contributed by atoms with Crippen molar-refractivity contribution in [2.75, 3.05) is 26.1 Å². The van der Waals surface area contributed by atoms with Gasteiger partial charge in [-0.25, -0.2) is 8.42 Å². The Labute approximate surface area is 118 Å². The van der Waals surface area contributed by atoms with Gasteiger partial charge < -0.3 is 5.32 Å². The highest BCUT2D eigenvalue weighted by atomic mass is 32.2. The summed E-state index contributed by atoms with van der Waals surface area (Å²) in [5.74, 6) is 0.796. The quantitative estimate of drug-likeness (QED) is 0.835. The highest BCUT2D eigenvalue weighted by Crippen LogP contribution is 2.25. The van der Waals surface area contributed by atoms with Gasteiger partial charge in [-0.3, -0.25) is 0 Å². The summed E-state index contributed by atoms with van der Waals surface area (Å²) in [4.78, 5) is 1.03. The van der Waals surface area contributed by atoms with Crippen molar-refractivity contribution >= 4 is 33.1 Å². The lowest BCUT2D eigenvalue weighted by Gasteiger charge is -2.22. The van der Waals surface area contributed by atoms with Gasteiger partial charge in [0.05, 0.1) is 0 Å². The predicted octanol–water partition coefficient (Wildman–Crippen LogP) is 1.84. The monoisotopic (exact) mass is 308 g/mol. The van der Waals surface area contributed by atoms with Gasteiger partial charge in [0.2, 0.25) is 0 Å². The maximum atomic E-state index is 12.4. The van der Waals surface area contributed by atoms with E-state index in [1.54, 1.807) is 24.9 Å². The lowest BCUT2D eigenvalue weighted by Crippen LogP contribution is -2.36. The Hall–Kier alpha value is -0.0800. The molecule has 1 atom stereocenters. The Morgan fingerprint density at radius 1 is 1.50 bits per heavy atom. The van der Waals surface area contributed by atoms with Crippen LogP contribution in [0.3, 0.4) is 0 Å². The average Bonchev–Trinajstić information content (AvgIpc) is 2.78. The lowest BCUT2D eigenvalue weighted by atomic mass is 10.4. The van der Waals surface area contributed by atoms with Gasteiger partial charge in [0.1, 0.15) is 4.21 Å². The Balaban J connectivity index is 2.90. The topological polar surface area (TPSA) is 49.4 Å². The van der Waals surface area contributed by atoms with Crippen molar-refractivity contribution in [2.24, 2.45) is 0 Å². The number of hydrogen-bond donors (Lipinski definition) is 1. The number of nitrogens with zero attached hydrogens (tertiary/aromatic N) is 1. The normalized spacial score (nSPS) is 14.1. The molecule has 0 amide bonds. The molecule has 1 heterocycles. The molecule has 0 aliphatic rings. The Kier molecular flexibility index (Phi) is 6.13. The Bertz CT molecular complexity index is 470. The molecule has 104 valence electrons. The van der Waals surface area contributed by atoms with Gasteiger partial charge in [0.15, 0.2) is 0 Å². The Morgan fingerprint density at radius 3 is 2.72 bits per heavy atom. The summed E-state index contributed by atoms with van der Waals surface area (Å²) < 4.78 is 26.6. The third kappa shape index (κ3) is 3.71. The van der Waals surface area contributed by atoms with E-state index in [1.807, 2.05) is 26.3 Å². The molecule has 1 rings (SSSR count). The highest BCUT2D eigenvalue weighted by molar-refractivity contribution is 7.98. The minimum atomic E-state index is -3.35. The van der Waals surface area contributed by atoms with E-state index in [0.717, 1.165) is 10.6 Å². The molecular formula is C11H20N2O2S3. The van der Waals surface area contributed by atoms with Crippen LogP contribution in [0.25, 0.3) is 0 Å². The van der Waals surface area contributed by atoms with E-state index in [1.165, 1.54) is 15.6 Å². The van der Waals surface area contributed by atoms with Gasteiger partial charge in [-0.05, 0) is 32.4 Å². The predicted molar refractivity (Wildman–Crippen MR) is 79.9 cm³/mol. The zero-order valence-corrected chi connectivity index (χ0v) is 13.6. The zero-order chi connectivity index (χ0) is 13.8. The van der Waals surface area contributed by atoms with Crippen LogP contribution in [0, 0.1) is 0 Å². The largest absolute Gasteiger partial charge is 0.315 e. The van der Waals surface area contributed by atoms with E-state index in [9.17, 15) is 8.42 Å². The zero-order valence-electron chi connectivity index (χ0n) is 11.1. The smallest absolute Gasteiger partial charge is 0.252 e. The van der Waals surface area contributed by atoms with Crippen molar-refractivity contribution < 1.29 is 8.42 Å². The van der Waals surface area contributed by atoms with E-state index in [-0.39, 0.29) is 6.04 Å². The second kappa shape index (κ2) is 6.91. The van der Waals surface area contributed by atoms with Crippen LogP contribution in [0.2, 0.25) is 0 Å². The van der Waals surface area contributed by atoms with Crippen molar-refractivity contribution in [3.63, 3.8) is 0 Å². The first-order chi connectivity index (χ1) is 8.43. The van der Waals surface area contributed by atoms with Crippen molar-refractivity contribution in [2.45, 2.75) is 23.7 Å². The van der Waals surface area contributed by atoms with E-state index in [2.05, 4.69) is 5.32 Å². The van der Waals surface area contributed by atoms with Gasteiger partial charge in [0.25, 0.3) is 10.0 Å². The molecule has 0 radical (unpaired) electrons. The molecule has 4 nitrogen and oxygen atoms in total. The van der Waals surface area contributed by atoms with Crippen molar-refractivity contribution in [1.29, 1.82) is 0 Å². The summed E-state index contributed by atoms with van der Waals surface area (Å²) in [6, 6.07) is 3.55. The molecule has 0 aliphatic heterocycles. The van der Waals surface area contributed by atoms with Crippen LogP contribution in [0.4, 0.5) is 0 Å². The summed E-state index contributed by atoms with van der Waals surface area (Å²) >= 11 is 2.98. The Morgan fingerprint density at radius 2 is 2.17 bits per heavy atom. The fourth-order valence-corrected chi connectivity index (χ4v) is 5.21. The molecule has 0 aliphatic carbocycles. The summed E-state index contributed by atoms with van der Waals surface area (Å²) in [5, 5.41) is 3.02. The van der Waals surface area contributed by atoms with Crippen LogP contribution in [-0.2, 0) is 16.6 Å². The van der Waals surface area contributed by atoms with Gasteiger partial charge in [-0.2, -0.15) is 16.1 Å².